The Hall–Kier alpha value is -0.790. The first-order valence-corrected chi connectivity index (χ1v) is 4.11. The van der Waals surface area contributed by atoms with Crippen LogP contribution in [-0.4, -0.2) is 12.8 Å². The highest BCUT2D eigenvalue weighted by Gasteiger charge is 2.00. The Kier molecular flexibility index (Phi) is 5.53. The molecule has 0 unspecified atom stereocenters. The predicted octanol–water partition coefficient (Wildman–Crippen LogP) is 2.76. The third-order valence-electron chi connectivity index (χ3n) is 1.34. The van der Waals surface area contributed by atoms with Gasteiger partial charge in [-0.05, 0) is 25.8 Å². The van der Waals surface area contributed by atoms with Gasteiger partial charge in [-0.25, -0.2) is 4.99 Å². The van der Waals surface area contributed by atoms with Crippen LogP contribution in [0.2, 0.25) is 0 Å². The van der Waals surface area contributed by atoms with Gasteiger partial charge in [-0.2, -0.15) is 0 Å². The van der Waals surface area contributed by atoms with Crippen LogP contribution < -0.4 is 0 Å². The molecule has 0 radical (unpaired) electrons. The van der Waals surface area contributed by atoms with Gasteiger partial charge in [0.1, 0.15) is 0 Å². The summed E-state index contributed by atoms with van der Waals surface area (Å²) in [6.45, 7) is 6.02. The van der Waals surface area contributed by atoms with Gasteiger partial charge >= 0.3 is 0 Å². The van der Waals surface area contributed by atoms with Crippen LogP contribution >= 0.6 is 0 Å². The summed E-state index contributed by atoms with van der Waals surface area (Å²) >= 11 is 0. The summed E-state index contributed by atoms with van der Waals surface area (Å²) in [6, 6.07) is 0. The van der Waals surface area contributed by atoms with Gasteiger partial charge in [0.2, 0.25) is 5.88 Å². The molecule has 0 aromatic heterocycles. The Morgan fingerprint density at radius 1 is 1.45 bits per heavy atom. The second-order valence-electron chi connectivity index (χ2n) is 2.13. The molecule has 0 aliphatic carbocycles. The minimum Gasteiger partial charge on any atom is -0.481 e. The van der Waals surface area contributed by atoms with Crippen molar-refractivity contribution >= 4 is 5.71 Å². The van der Waals surface area contributed by atoms with Gasteiger partial charge in [-0.1, -0.05) is 13.8 Å². The van der Waals surface area contributed by atoms with Crippen molar-refractivity contribution in [1.29, 1.82) is 0 Å². The fourth-order valence-corrected chi connectivity index (χ4v) is 0.823. The first kappa shape index (κ1) is 10.2. The van der Waals surface area contributed by atoms with E-state index in [1.807, 2.05) is 26.8 Å². The molecule has 2 heteroatoms. The van der Waals surface area contributed by atoms with Crippen LogP contribution in [0.15, 0.2) is 17.0 Å². The molecule has 2 nitrogen and oxygen atoms in total. The molecule has 0 N–H and O–H groups in total. The number of nitrogens with zero attached hydrogens (tertiary/aromatic N) is 1. The minimum atomic E-state index is 0.763. The van der Waals surface area contributed by atoms with E-state index in [0.717, 1.165) is 24.4 Å². The average Bonchev–Trinajstić information content (AvgIpc) is 2.08. The van der Waals surface area contributed by atoms with Gasteiger partial charge in [0, 0.05) is 5.71 Å². The zero-order valence-electron chi connectivity index (χ0n) is 7.85. The summed E-state index contributed by atoms with van der Waals surface area (Å²) in [4.78, 5) is 4.16. The van der Waals surface area contributed by atoms with Gasteiger partial charge < -0.3 is 4.74 Å². The van der Waals surface area contributed by atoms with Crippen molar-refractivity contribution in [3.8, 4) is 0 Å². The maximum Gasteiger partial charge on any atom is 0.208 e. The number of methoxy groups -OCH3 is 1. The van der Waals surface area contributed by atoms with Gasteiger partial charge in [0.25, 0.3) is 0 Å². The summed E-state index contributed by atoms with van der Waals surface area (Å²) in [7, 11) is 1.65. The van der Waals surface area contributed by atoms with Gasteiger partial charge in [0.05, 0.1) is 7.11 Å². The lowest BCUT2D eigenvalue weighted by Gasteiger charge is -2.06. The Morgan fingerprint density at radius 2 is 2.09 bits per heavy atom. The first-order valence-electron chi connectivity index (χ1n) is 4.11. The van der Waals surface area contributed by atoms with Gasteiger partial charge in [-0.3, -0.25) is 0 Å². The molecular formula is C9H17NO. The summed E-state index contributed by atoms with van der Waals surface area (Å²) in [5, 5.41) is 0. The molecule has 0 aromatic rings. The molecule has 0 aromatic carbocycles. The van der Waals surface area contributed by atoms with Crippen molar-refractivity contribution in [2.24, 2.45) is 4.99 Å². The lowest BCUT2D eigenvalue weighted by atomic mass is 10.2. The van der Waals surface area contributed by atoms with E-state index in [1.54, 1.807) is 7.11 Å². The van der Waals surface area contributed by atoms with Crippen LogP contribution in [-0.2, 0) is 4.74 Å². The molecule has 1 heterocycles. The quantitative estimate of drug-likeness (QED) is 0.570. The third-order valence-corrected chi connectivity index (χ3v) is 1.34. The molecule has 11 heavy (non-hydrogen) atoms. The van der Waals surface area contributed by atoms with E-state index in [9.17, 15) is 0 Å². The molecule has 64 valence electrons. The van der Waals surface area contributed by atoms with E-state index in [1.165, 1.54) is 0 Å². The van der Waals surface area contributed by atoms with Crippen LogP contribution in [0, 0.1) is 0 Å². The smallest absolute Gasteiger partial charge is 0.208 e. The second-order valence-corrected chi connectivity index (χ2v) is 2.13. The lowest BCUT2D eigenvalue weighted by Crippen LogP contribution is -1.98. The monoisotopic (exact) mass is 155 g/mol. The zero-order valence-corrected chi connectivity index (χ0v) is 7.85. The summed E-state index contributed by atoms with van der Waals surface area (Å²) in [5.41, 5.74) is 1.16. The molecule has 0 bridgehead atoms. The standard InChI is InChI=1S/C7H11NO.C2H6/c1-6-4-3-5-7(8-6)9-2;1-2/h5H,3-4H2,1-2H3;1-2H3. The van der Waals surface area contributed by atoms with Crippen molar-refractivity contribution in [1.82, 2.24) is 0 Å². The molecule has 1 aliphatic heterocycles. The molecule has 0 spiro atoms. The molecular weight excluding hydrogens is 138 g/mol. The number of hydrogen-bond acceptors (Lipinski definition) is 2. The minimum absolute atomic E-state index is 0.763. The third kappa shape index (κ3) is 3.81. The fourth-order valence-electron chi connectivity index (χ4n) is 0.823. The first-order chi connectivity index (χ1) is 5.33. The van der Waals surface area contributed by atoms with E-state index in [4.69, 9.17) is 4.74 Å². The highest BCUT2D eigenvalue weighted by atomic mass is 16.5. The van der Waals surface area contributed by atoms with E-state index in [-0.39, 0.29) is 0 Å². The van der Waals surface area contributed by atoms with Crippen LogP contribution in [0.5, 0.6) is 0 Å². The fraction of sp³-hybridized carbons (Fsp3) is 0.667. The van der Waals surface area contributed by atoms with E-state index < -0.39 is 0 Å². The second kappa shape index (κ2) is 5.96. The highest BCUT2D eigenvalue weighted by Crippen LogP contribution is 2.09. The van der Waals surface area contributed by atoms with Crippen molar-refractivity contribution in [2.45, 2.75) is 33.6 Å². The Morgan fingerprint density at radius 3 is 2.45 bits per heavy atom. The lowest BCUT2D eigenvalue weighted by molar-refractivity contribution is 0.285. The number of allylic oxidation sites excluding steroid dienone is 1. The van der Waals surface area contributed by atoms with Crippen LogP contribution in [0.25, 0.3) is 0 Å². The molecule has 1 aliphatic rings. The number of hydrogen-bond donors (Lipinski definition) is 0. The normalized spacial score (nSPS) is 15.6. The van der Waals surface area contributed by atoms with Crippen LogP contribution in [0.3, 0.4) is 0 Å². The molecule has 0 atom stereocenters. The molecule has 0 saturated heterocycles. The predicted molar refractivity (Wildman–Crippen MR) is 48.8 cm³/mol. The molecule has 1 rings (SSSR count). The van der Waals surface area contributed by atoms with Gasteiger partial charge in [0.15, 0.2) is 0 Å². The van der Waals surface area contributed by atoms with E-state index in [0.29, 0.717) is 0 Å². The van der Waals surface area contributed by atoms with Crippen molar-refractivity contribution in [3.63, 3.8) is 0 Å². The van der Waals surface area contributed by atoms with Crippen LogP contribution in [0.4, 0.5) is 0 Å². The van der Waals surface area contributed by atoms with Crippen molar-refractivity contribution in [2.75, 3.05) is 7.11 Å². The van der Waals surface area contributed by atoms with E-state index >= 15 is 0 Å². The largest absolute Gasteiger partial charge is 0.481 e. The highest BCUT2D eigenvalue weighted by molar-refractivity contribution is 5.83. The van der Waals surface area contributed by atoms with Crippen molar-refractivity contribution < 1.29 is 4.74 Å². The Bertz CT molecular complexity index is 159. The summed E-state index contributed by atoms with van der Waals surface area (Å²) in [6.07, 6.45) is 4.15. The maximum absolute atomic E-state index is 4.94. The Labute approximate surface area is 69.0 Å². The van der Waals surface area contributed by atoms with E-state index in [2.05, 4.69) is 4.99 Å². The molecule has 0 amide bonds. The summed E-state index contributed by atoms with van der Waals surface area (Å²) in [5.74, 6) is 0.763. The van der Waals surface area contributed by atoms with Gasteiger partial charge in [-0.15, -0.1) is 0 Å². The SMILES string of the molecule is CC.COC1=CCCC(C)=N1. The van der Waals surface area contributed by atoms with Crippen molar-refractivity contribution in [3.05, 3.63) is 12.0 Å². The number of rotatable bonds is 1. The zero-order chi connectivity index (χ0) is 8.69. The average molecular weight is 155 g/mol. The molecule has 0 fully saturated rings. The number of aliphatic imine (C=N–C) groups is 1. The van der Waals surface area contributed by atoms with Crippen LogP contribution in [0.1, 0.15) is 33.6 Å². The summed E-state index contributed by atoms with van der Waals surface area (Å²) < 4.78 is 4.94. The topological polar surface area (TPSA) is 21.6 Å². The Balaban J connectivity index is 0.000000461. The number of ether oxygens (including phenoxy) is 1. The maximum atomic E-state index is 4.94. The molecule has 0 saturated carbocycles.